The van der Waals surface area contributed by atoms with Crippen molar-refractivity contribution in [2.24, 2.45) is 0 Å². The molecule has 1 N–H and O–H groups in total. The molecule has 0 unspecified atom stereocenters. The Hall–Kier alpha value is -2.89. The first-order valence-corrected chi connectivity index (χ1v) is 10.0. The van der Waals surface area contributed by atoms with Crippen molar-refractivity contribution in [3.63, 3.8) is 0 Å². The highest BCUT2D eigenvalue weighted by Crippen LogP contribution is 2.16. The number of hydrogen-bond donors (Lipinski definition) is 1. The van der Waals surface area contributed by atoms with E-state index in [2.05, 4.69) is 5.32 Å². The van der Waals surface area contributed by atoms with E-state index >= 15 is 0 Å². The molecule has 29 heavy (non-hydrogen) atoms. The van der Waals surface area contributed by atoms with Crippen LogP contribution in [0.4, 0.5) is 4.39 Å². The molecule has 0 saturated carbocycles. The number of ether oxygens (including phenoxy) is 1. The zero-order valence-corrected chi connectivity index (χ0v) is 17.1. The van der Waals surface area contributed by atoms with Crippen LogP contribution in [0.5, 0.6) is 5.75 Å². The third-order valence-corrected chi connectivity index (χ3v) is 4.61. The number of rotatable bonds is 11. The Balaban J connectivity index is 2.11. The summed E-state index contributed by atoms with van der Waals surface area (Å²) >= 11 is 0. The summed E-state index contributed by atoms with van der Waals surface area (Å²) in [5, 5.41) is 2.87. The molecule has 0 bridgehead atoms. The average Bonchev–Trinajstić information content (AvgIpc) is 2.74. The molecule has 0 aliphatic heterocycles. The molecule has 0 aromatic heterocycles. The van der Waals surface area contributed by atoms with Crippen molar-refractivity contribution in [3.05, 3.63) is 66.0 Å². The summed E-state index contributed by atoms with van der Waals surface area (Å²) < 4.78 is 19.2. The van der Waals surface area contributed by atoms with Crippen molar-refractivity contribution in [2.75, 3.05) is 19.7 Å². The van der Waals surface area contributed by atoms with E-state index in [0.717, 1.165) is 12.0 Å². The summed E-state index contributed by atoms with van der Waals surface area (Å²) in [5.74, 6) is -1.03. The van der Waals surface area contributed by atoms with Crippen LogP contribution in [-0.4, -0.2) is 42.5 Å². The Morgan fingerprint density at radius 1 is 1.07 bits per heavy atom. The number of carbonyl (C=O) groups excluding carboxylic acids is 2. The Labute approximate surface area is 171 Å². The normalized spacial score (nSPS) is 11.6. The highest BCUT2D eigenvalue weighted by atomic mass is 19.1. The van der Waals surface area contributed by atoms with Gasteiger partial charge in [-0.1, -0.05) is 56.3 Å². The van der Waals surface area contributed by atoms with Crippen LogP contribution in [0.15, 0.2) is 54.6 Å². The van der Waals surface area contributed by atoms with Gasteiger partial charge in [0.1, 0.15) is 6.04 Å². The first-order chi connectivity index (χ1) is 14.1. The maximum atomic E-state index is 13.8. The second-order valence-corrected chi connectivity index (χ2v) is 6.76. The van der Waals surface area contributed by atoms with Gasteiger partial charge in [0, 0.05) is 13.1 Å². The van der Waals surface area contributed by atoms with Gasteiger partial charge in [0.05, 0.1) is 0 Å². The molecule has 0 radical (unpaired) electrons. The summed E-state index contributed by atoms with van der Waals surface area (Å²) in [6, 6.07) is 15.1. The number of halogens is 1. The molecule has 0 fully saturated rings. The summed E-state index contributed by atoms with van der Waals surface area (Å²) in [6.07, 6.45) is 1.91. The molecule has 1 atom stereocenters. The smallest absolute Gasteiger partial charge is 0.261 e. The topological polar surface area (TPSA) is 58.6 Å². The molecule has 0 heterocycles. The molecule has 2 aromatic rings. The van der Waals surface area contributed by atoms with Crippen molar-refractivity contribution in [1.29, 1.82) is 0 Å². The minimum Gasteiger partial charge on any atom is -0.481 e. The van der Waals surface area contributed by atoms with Crippen molar-refractivity contribution in [1.82, 2.24) is 10.2 Å². The quantitative estimate of drug-likeness (QED) is 0.627. The van der Waals surface area contributed by atoms with E-state index in [1.165, 1.54) is 12.1 Å². The highest BCUT2D eigenvalue weighted by Gasteiger charge is 2.28. The maximum Gasteiger partial charge on any atom is 0.261 e. The summed E-state index contributed by atoms with van der Waals surface area (Å²) in [4.78, 5) is 27.1. The molecule has 6 heteroatoms. The molecule has 156 valence electrons. The van der Waals surface area contributed by atoms with Crippen molar-refractivity contribution in [2.45, 2.75) is 39.2 Å². The largest absolute Gasteiger partial charge is 0.481 e. The molecule has 2 aromatic carbocycles. The van der Waals surface area contributed by atoms with E-state index in [4.69, 9.17) is 4.74 Å². The summed E-state index contributed by atoms with van der Waals surface area (Å²) in [5.41, 5.74) is 1.07. The van der Waals surface area contributed by atoms with E-state index in [0.29, 0.717) is 25.9 Å². The zero-order valence-electron chi connectivity index (χ0n) is 17.1. The van der Waals surface area contributed by atoms with Crippen LogP contribution in [0.2, 0.25) is 0 Å². The summed E-state index contributed by atoms with van der Waals surface area (Å²) in [6.45, 7) is 4.45. The average molecular weight is 400 g/mol. The molecule has 2 amide bonds. The molecule has 0 aliphatic rings. The minimum absolute atomic E-state index is 0.0207. The van der Waals surface area contributed by atoms with Crippen LogP contribution < -0.4 is 10.1 Å². The standard InChI is InChI=1S/C23H29FN2O3/c1-3-15-25-23(28)20(4-2)26(16-14-18-10-6-5-7-11-18)22(27)17-29-21-13-9-8-12-19(21)24/h5-13,20H,3-4,14-17H2,1-2H3,(H,25,28)/t20-/m0/s1. The van der Waals surface area contributed by atoms with Crippen molar-refractivity contribution >= 4 is 11.8 Å². The first kappa shape index (κ1) is 22.4. The Bertz CT molecular complexity index is 783. The minimum atomic E-state index is -0.595. The molecular weight excluding hydrogens is 371 g/mol. The monoisotopic (exact) mass is 400 g/mol. The van der Waals surface area contributed by atoms with Crippen molar-refractivity contribution in [3.8, 4) is 5.75 Å². The summed E-state index contributed by atoms with van der Waals surface area (Å²) in [7, 11) is 0. The Kier molecular flexibility index (Phi) is 9.15. The fraction of sp³-hybridized carbons (Fsp3) is 0.391. The van der Waals surface area contributed by atoms with E-state index in [1.54, 1.807) is 17.0 Å². The van der Waals surface area contributed by atoms with Crippen LogP contribution in [0.3, 0.4) is 0 Å². The first-order valence-electron chi connectivity index (χ1n) is 10.0. The predicted molar refractivity (Wildman–Crippen MR) is 111 cm³/mol. The number of carbonyl (C=O) groups is 2. The fourth-order valence-electron chi connectivity index (χ4n) is 3.05. The lowest BCUT2D eigenvalue weighted by Gasteiger charge is -2.30. The molecule has 0 spiro atoms. The molecular formula is C23H29FN2O3. The third-order valence-electron chi connectivity index (χ3n) is 4.61. The highest BCUT2D eigenvalue weighted by molar-refractivity contribution is 5.88. The van der Waals surface area contributed by atoms with Crippen LogP contribution in [-0.2, 0) is 16.0 Å². The Morgan fingerprint density at radius 3 is 2.41 bits per heavy atom. The molecule has 2 rings (SSSR count). The maximum absolute atomic E-state index is 13.8. The molecule has 5 nitrogen and oxygen atoms in total. The van der Waals surface area contributed by atoms with Crippen LogP contribution in [0, 0.1) is 5.82 Å². The zero-order chi connectivity index (χ0) is 21.1. The van der Waals surface area contributed by atoms with E-state index in [-0.39, 0.29) is 24.2 Å². The number of para-hydroxylation sites is 1. The molecule has 0 saturated heterocycles. The van der Waals surface area contributed by atoms with Gasteiger partial charge in [0.2, 0.25) is 5.91 Å². The lowest BCUT2D eigenvalue weighted by Crippen LogP contribution is -2.51. The van der Waals surface area contributed by atoms with Crippen LogP contribution in [0.1, 0.15) is 32.3 Å². The van der Waals surface area contributed by atoms with Gasteiger partial charge in [-0.05, 0) is 37.0 Å². The van der Waals surface area contributed by atoms with Gasteiger partial charge in [-0.3, -0.25) is 9.59 Å². The van der Waals surface area contributed by atoms with Crippen LogP contribution in [0.25, 0.3) is 0 Å². The second-order valence-electron chi connectivity index (χ2n) is 6.76. The predicted octanol–water partition coefficient (Wildman–Crippen LogP) is 3.58. The van der Waals surface area contributed by atoms with Gasteiger partial charge in [-0.25, -0.2) is 4.39 Å². The number of hydrogen-bond acceptors (Lipinski definition) is 3. The fourth-order valence-corrected chi connectivity index (χ4v) is 3.05. The van der Waals surface area contributed by atoms with Gasteiger partial charge in [0.15, 0.2) is 18.2 Å². The van der Waals surface area contributed by atoms with Gasteiger partial charge >= 0.3 is 0 Å². The van der Waals surface area contributed by atoms with E-state index in [9.17, 15) is 14.0 Å². The third kappa shape index (κ3) is 6.89. The van der Waals surface area contributed by atoms with E-state index < -0.39 is 11.9 Å². The lowest BCUT2D eigenvalue weighted by atomic mass is 10.1. The Morgan fingerprint density at radius 2 is 1.76 bits per heavy atom. The number of nitrogens with zero attached hydrogens (tertiary/aromatic N) is 1. The van der Waals surface area contributed by atoms with Gasteiger partial charge < -0.3 is 15.0 Å². The van der Waals surface area contributed by atoms with Crippen LogP contribution >= 0.6 is 0 Å². The second kappa shape index (κ2) is 11.8. The van der Waals surface area contributed by atoms with Crippen molar-refractivity contribution < 1.29 is 18.7 Å². The van der Waals surface area contributed by atoms with E-state index in [1.807, 2.05) is 44.2 Å². The number of nitrogens with one attached hydrogen (secondary N) is 1. The number of benzene rings is 2. The molecule has 0 aliphatic carbocycles. The van der Waals surface area contributed by atoms with Gasteiger partial charge in [-0.15, -0.1) is 0 Å². The SMILES string of the molecule is CCCNC(=O)[C@H](CC)N(CCc1ccccc1)C(=O)COc1ccccc1F. The lowest BCUT2D eigenvalue weighted by molar-refractivity contribution is -0.142. The van der Waals surface area contributed by atoms with Gasteiger partial charge in [-0.2, -0.15) is 0 Å². The number of amides is 2. The van der Waals surface area contributed by atoms with Gasteiger partial charge in [0.25, 0.3) is 5.91 Å².